The maximum Gasteiger partial charge on any atom is 0.339 e. The molecule has 18 heavy (non-hydrogen) atoms. The van der Waals surface area contributed by atoms with Crippen LogP contribution >= 0.6 is 0 Å². The Hall–Kier alpha value is -1.78. The number of carbonyl (C=O) groups is 1. The number of hydrogen-bond acceptors (Lipinski definition) is 4. The number of carboxylic acids is 1. The van der Waals surface area contributed by atoms with E-state index in [1.54, 1.807) is 0 Å². The fourth-order valence-corrected chi connectivity index (χ4v) is 2.04. The van der Waals surface area contributed by atoms with Gasteiger partial charge in [0.2, 0.25) is 0 Å². The number of hydrogen-bond donors (Lipinski definition) is 3. The molecule has 0 amide bonds. The highest BCUT2D eigenvalue weighted by atomic mass is 16.4. The fraction of sp³-hybridized carbons (Fsp3) is 0.538. The molecule has 0 aromatic carbocycles. The van der Waals surface area contributed by atoms with Gasteiger partial charge >= 0.3 is 5.97 Å². The largest absolute Gasteiger partial charge is 0.478 e. The predicted molar refractivity (Wildman–Crippen MR) is 70.7 cm³/mol. The Morgan fingerprint density at radius 1 is 1.67 bits per heavy atom. The zero-order chi connectivity index (χ0) is 13.1. The van der Waals surface area contributed by atoms with Crippen molar-refractivity contribution >= 4 is 17.5 Å². The molecule has 1 fully saturated rings. The molecule has 5 heteroatoms. The van der Waals surface area contributed by atoms with E-state index < -0.39 is 5.97 Å². The fourth-order valence-electron chi connectivity index (χ4n) is 2.04. The Labute approximate surface area is 106 Å². The molecule has 1 aromatic heterocycles. The van der Waals surface area contributed by atoms with Crippen molar-refractivity contribution in [2.75, 3.05) is 11.1 Å². The van der Waals surface area contributed by atoms with Gasteiger partial charge in [-0.15, -0.1) is 0 Å². The molecule has 98 valence electrons. The molecule has 0 radical (unpaired) electrons. The van der Waals surface area contributed by atoms with E-state index in [1.165, 1.54) is 25.1 Å². The molecule has 0 aliphatic heterocycles. The lowest BCUT2D eigenvalue weighted by atomic mass is 10.1. The SMILES string of the molecule is CCC(CC1CC1)Nc1ncc(N)cc1C(=O)O. The van der Waals surface area contributed by atoms with Gasteiger partial charge in [0.1, 0.15) is 11.4 Å². The first kappa shape index (κ1) is 12.7. The number of nitrogens with two attached hydrogens (primary N) is 1. The van der Waals surface area contributed by atoms with Crippen molar-refractivity contribution in [3.8, 4) is 0 Å². The standard InChI is InChI=1S/C13H19N3O2/c1-2-10(5-8-3-4-8)16-12-11(13(17)18)6-9(14)7-15-12/h6-8,10H,2-5,14H2,1H3,(H,15,16)(H,17,18). The second-order valence-electron chi connectivity index (χ2n) is 4.90. The molecule has 0 spiro atoms. The Morgan fingerprint density at radius 3 is 2.94 bits per heavy atom. The number of pyridine rings is 1. The van der Waals surface area contributed by atoms with Crippen LogP contribution in [0.15, 0.2) is 12.3 Å². The third-order valence-electron chi connectivity index (χ3n) is 3.29. The maximum atomic E-state index is 11.1. The van der Waals surface area contributed by atoms with E-state index in [0.29, 0.717) is 11.5 Å². The highest BCUT2D eigenvalue weighted by Gasteiger charge is 2.25. The van der Waals surface area contributed by atoms with Crippen molar-refractivity contribution < 1.29 is 9.90 Å². The topological polar surface area (TPSA) is 88.2 Å². The summed E-state index contributed by atoms with van der Waals surface area (Å²) < 4.78 is 0. The van der Waals surface area contributed by atoms with Gasteiger partial charge in [0, 0.05) is 6.04 Å². The molecule has 1 heterocycles. The second-order valence-corrected chi connectivity index (χ2v) is 4.90. The number of aromatic carboxylic acids is 1. The molecule has 1 atom stereocenters. The Balaban J connectivity index is 2.13. The minimum Gasteiger partial charge on any atom is -0.478 e. The second kappa shape index (κ2) is 5.25. The van der Waals surface area contributed by atoms with Crippen molar-refractivity contribution in [2.24, 2.45) is 5.92 Å². The summed E-state index contributed by atoms with van der Waals surface area (Å²) in [7, 11) is 0. The summed E-state index contributed by atoms with van der Waals surface area (Å²) in [6.07, 6.45) is 6.11. The lowest BCUT2D eigenvalue weighted by molar-refractivity contribution is 0.0697. The summed E-state index contributed by atoms with van der Waals surface area (Å²) in [6, 6.07) is 1.73. The van der Waals surface area contributed by atoms with Gasteiger partial charge < -0.3 is 16.2 Å². The Morgan fingerprint density at radius 2 is 2.39 bits per heavy atom. The average Bonchev–Trinajstić information content (AvgIpc) is 3.14. The molecular formula is C13H19N3O2. The number of nitrogen functional groups attached to an aromatic ring is 1. The summed E-state index contributed by atoms with van der Waals surface area (Å²) in [5, 5.41) is 12.4. The van der Waals surface area contributed by atoms with E-state index in [0.717, 1.165) is 18.8 Å². The Kier molecular flexibility index (Phi) is 3.69. The van der Waals surface area contributed by atoms with Crippen LogP contribution in [0.25, 0.3) is 0 Å². The van der Waals surface area contributed by atoms with Gasteiger partial charge in [0.15, 0.2) is 0 Å². The molecule has 1 aliphatic carbocycles. The first-order valence-electron chi connectivity index (χ1n) is 6.35. The van der Waals surface area contributed by atoms with Crippen LogP contribution in [-0.4, -0.2) is 22.1 Å². The van der Waals surface area contributed by atoms with E-state index in [2.05, 4.69) is 17.2 Å². The van der Waals surface area contributed by atoms with Crippen molar-refractivity contribution in [3.05, 3.63) is 17.8 Å². The molecule has 1 aliphatic rings. The van der Waals surface area contributed by atoms with Crippen molar-refractivity contribution in [2.45, 2.75) is 38.6 Å². The van der Waals surface area contributed by atoms with Crippen LogP contribution in [0.2, 0.25) is 0 Å². The van der Waals surface area contributed by atoms with Crippen molar-refractivity contribution in [1.29, 1.82) is 0 Å². The average molecular weight is 249 g/mol. The van der Waals surface area contributed by atoms with Gasteiger partial charge in [-0.1, -0.05) is 19.8 Å². The van der Waals surface area contributed by atoms with Crippen molar-refractivity contribution in [3.63, 3.8) is 0 Å². The van der Waals surface area contributed by atoms with Crippen LogP contribution in [-0.2, 0) is 0 Å². The van der Waals surface area contributed by atoms with E-state index in [9.17, 15) is 4.79 Å². The molecule has 4 N–H and O–H groups in total. The third kappa shape index (κ3) is 3.12. The quantitative estimate of drug-likeness (QED) is 0.720. The lowest BCUT2D eigenvalue weighted by Crippen LogP contribution is -2.21. The van der Waals surface area contributed by atoms with Gasteiger partial charge in [-0.2, -0.15) is 0 Å². The number of nitrogens with zero attached hydrogens (tertiary/aromatic N) is 1. The molecule has 1 aromatic rings. The van der Waals surface area contributed by atoms with Gasteiger partial charge in [0.25, 0.3) is 0 Å². The number of carboxylic acid groups (broad SMARTS) is 1. The third-order valence-corrected chi connectivity index (χ3v) is 3.29. The lowest BCUT2D eigenvalue weighted by Gasteiger charge is -2.18. The number of aromatic nitrogens is 1. The summed E-state index contributed by atoms with van der Waals surface area (Å²) in [5.74, 6) is 0.215. The van der Waals surface area contributed by atoms with Gasteiger partial charge in [-0.25, -0.2) is 9.78 Å². The first-order valence-corrected chi connectivity index (χ1v) is 6.35. The summed E-state index contributed by atoms with van der Waals surface area (Å²) in [4.78, 5) is 15.2. The number of anilines is 2. The van der Waals surface area contributed by atoms with E-state index in [-0.39, 0.29) is 11.6 Å². The van der Waals surface area contributed by atoms with Gasteiger partial charge in [-0.3, -0.25) is 0 Å². The van der Waals surface area contributed by atoms with Crippen LogP contribution in [0.3, 0.4) is 0 Å². The summed E-state index contributed by atoms with van der Waals surface area (Å²) >= 11 is 0. The van der Waals surface area contributed by atoms with Crippen LogP contribution in [0.1, 0.15) is 43.0 Å². The maximum absolute atomic E-state index is 11.1. The smallest absolute Gasteiger partial charge is 0.339 e. The molecule has 2 rings (SSSR count). The van der Waals surface area contributed by atoms with Crippen LogP contribution in [0.5, 0.6) is 0 Å². The molecule has 0 saturated heterocycles. The minimum atomic E-state index is -1.00. The molecular weight excluding hydrogens is 230 g/mol. The molecule has 1 saturated carbocycles. The molecule has 5 nitrogen and oxygen atoms in total. The van der Waals surface area contributed by atoms with Crippen LogP contribution < -0.4 is 11.1 Å². The highest BCUT2D eigenvalue weighted by Crippen LogP contribution is 2.35. The van der Waals surface area contributed by atoms with E-state index in [4.69, 9.17) is 10.8 Å². The zero-order valence-electron chi connectivity index (χ0n) is 10.5. The summed E-state index contributed by atoms with van der Waals surface area (Å²) in [5.41, 5.74) is 6.08. The summed E-state index contributed by atoms with van der Waals surface area (Å²) in [6.45, 7) is 2.10. The highest BCUT2D eigenvalue weighted by molar-refractivity contribution is 5.94. The van der Waals surface area contributed by atoms with Gasteiger partial charge in [0.05, 0.1) is 11.9 Å². The van der Waals surface area contributed by atoms with E-state index >= 15 is 0 Å². The molecule has 0 bridgehead atoms. The molecule has 1 unspecified atom stereocenters. The normalized spacial score (nSPS) is 16.3. The monoisotopic (exact) mass is 249 g/mol. The predicted octanol–water partition coefficient (Wildman–Crippen LogP) is 2.35. The number of nitrogens with one attached hydrogen (secondary N) is 1. The number of rotatable bonds is 6. The zero-order valence-corrected chi connectivity index (χ0v) is 10.5. The first-order chi connectivity index (χ1) is 8.60. The van der Waals surface area contributed by atoms with Crippen LogP contribution in [0.4, 0.5) is 11.5 Å². The van der Waals surface area contributed by atoms with Crippen LogP contribution in [0, 0.1) is 5.92 Å². The Bertz CT molecular complexity index is 444. The van der Waals surface area contributed by atoms with Gasteiger partial charge in [-0.05, 0) is 24.8 Å². The van der Waals surface area contributed by atoms with E-state index in [1.807, 2.05) is 0 Å². The van der Waals surface area contributed by atoms with Crippen molar-refractivity contribution in [1.82, 2.24) is 4.98 Å². The minimum absolute atomic E-state index is 0.143.